The number of nitrogens with one attached hydrogen (secondary N) is 1. The maximum Gasteiger partial charge on any atom is 0.264 e. The van der Waals surface area contributed by atoms with E-state index in [4.69, 9.17) is 11.6 Å². The summed E-state index contributed by atoms with van der Waals surface area (Å²) in [6.07, 6.45) is 1.37. The predicted octanol–water partition coefficient (Wildman–Crippen LogP) is 4.29. The number of hydrogen-bond acceptors (Lipinski definition) is 4. The van der Waals surface area contributed by atoms with Gasteiger partial charge >= 0.3 is 0 Å². The second-order valence-corrected chi connectivity index (χ2v) is 10.6. The zero-order valence-electron chi connectivity index (χ0n) is 19.3. The van der Waals surface area contributed by atoms with E-state index in [0.717, 1.165) is 27.5 Å². The van der Waals surface area contributed by atoms with Crippen molar-refractivity contribution >= 4 is 44.8 Å². The molecule has 0 saturated carbocycles. The van der Waals surface area contributed by atoms with Crippen molar-refractivity contribution in [3.63, 3.8) is 0 Å². The molecule has 3 aromatic rings. The van der Waals surface area contributed by atoms with Crippen LogP contribution in [0.3, 0.4) is 0 Å². The van der Waals surface area contributed by atoms with Gasteiger partial charge in [0.05, 0.1) is 10.6 Å². The maximum absolute atomic E-state index is 13.4. The van der Waals surface area contributed by atoms with Crippen LogP contribution < -0.4 is 14.5 Å². The lowest BCUT2D eigenvalue weighted by Gasteiger charge is -2.24. The molecule has 1 N–H and O–H groups in total. The molecule has 1 saturated heterocycles. The lowest BCUT2D eigenvalue weighted by atomic mass is 10.2. The highest BCUT2D eigenvalue weighted by Gasteiger charge is 2.27. The predicted molar refractivity (Wildman–Crippen MR) is 137 cm³/mol. The molecule has 0 spiro atoms. The molecule has 0 aromatic heterocycles. The second-order valence-electron chi connectivity index (χ2n) is 8.35. The minimum Gasteiger partial charge on any atom is -0.350 e. The van der Waals surface area contributed by atoms with Crippen molar-refractivity contribution in [2.45, 2.75) is 31.2 Å². The highest BCUT2D eigenvalue weighted by atomic mass is 35.5. The van der Waals surface area contributed by atoms with Crippen molar-refractivity contribution in [1.82, 2.24) is 5.32 Å². The summed E-state index contributed by atoms with van der Waals surface area (Å²) in [6.45, 7) is 2.28. The smallest absolute Gasteiger partial charge is 0.264 e. The van der Waals surface area contributed by atoms with Crippen molar-refractivity contribution in [2.75, 3.05) is 22.3 Å². The fourth-order valence-corrected chi connectivity index (χ4v) is 5.52. The first kappa shape index (κ1) is 24.8. The Bertz CT molecular complexity index is 1350. The van der Waals surface area contributed by atoms with E-state index in [1.54, 1.807) is 41.3 Å². The monoisotopic (exact) mass is 511 g/mol. The molecule has 1 fully saturated rings. The number of aryl methyl sites for hydroxylation is 1. The quantitative estimate of drug-likeness (QED) is 0.489. The van der Waals surface area contributed by atoms with E-state index in [9.17, 15) is 18.0 Å². The van der Waals surface area contributed by atoms with Crippen LogP contribution in [-0.4, -0.2) is 33.3 Å². The molecule has 35 heavy (non-hydrogen) atoms. The van der Waals surface area contributed by atoms with E-state index in [1.807, 2.05) is 31.2 Å². The van der Waals surface area contributed by atoms with Gasteiger partial charge in [0.15, 0.2) is 0 Å². The average Bonchev–Trinajstić information content (AvgIpc) is 3.29. The van der Waals surface area contributed by atoms with Crippen LogP contribution in [-0.2, 0) is 26.2 Å². The number of hydrogen-bond donors (Lipinski definition) is 1. The van der Waals surface area contributed by atoms with Crippen LogP contribution >= 0.6 is 11.6 Å². The number of carbonyl (C=O) groups is 2. The fourth-order valence-electron chi connectivity index (χ4n) is 3.91. The number of rotatable bonds is 8. The summed E-state index contributed by atoms with van der Waals surface area (Å²) in [5.41, 5.74) is 2.70. The summed E-state index contributed by atoms with van der Waals surface area (Å²) in [4.78, 5) is 26.8. The fraction of sp³-hybridized carbons (Fsp3) is 0.231. The van der Waals surface area contributed by atoms with E-state index < -0.39 is 22.5 Å². The van der Waals surface area contributed by atoms with Crippen molar-refractivity contribution in [2.24, 2.45) is 0 Å². The van der Waals surface area contributed by atoms with Crippen LogP contribution in [0, 0.1) is 6.92 Å². The zero-order chi connectivity index (χ0) is 25.0. The van der Waals surface area contributed by atoms with Gasteiger partial charge in [-0.3, -0.25) is 13.9 Å². The minimum absolute atomic E-state index is 0.0764. The van der Waals surface area contributed by atoms with Crippen LogP contribution in [0.4, 0.5) is 11.4 Å². The lowest BCUT2D eigenvalue weighted by molar-refractivity contribution is -0.120. The Balaban J connectivity index is 1.53. The molecular formula is C26H26ClN3O4S. The minimum atomic E-state index is -4.02. The third-order valence-electron chi connectivity index (χ3n) is 5.85. The highest BCUT2D eigenvalue weighted by molar-refractivity contribution is 7.92. The van der Waals surface area contributed by atoms with Gasteiger partial charge in [-0.15, -0.1) is 0 Å². The van der Waals surface area contributed by atoms with E-state index in [-0.39, 0.29) is 17.3 Å². The van der Waals surface area contributed by atoms with Gasteiger partial charge in [-0.1, -0.05) is 48.0 Å². The molecule has 9 heteroatoms. The Morgan fingerprint density at radius 2 is 1.83 bits per heavy atom. The van der Waals surface area contributed by atoms with Gasteiger partial charge in [0.25, 0.3) is 10.0 Å². The third-order valence-corrected chi connectivity index (χ3v) is 8.04. The number of sulfonamides is 1. The maximum atomic E-state index is 13.4. The van der Waals surface area contributed by atoms with E-state index >= 15 is 0 Å². The Labute approximate surface area is 210 Å². The first-order chi connectivity index (χ1) is 16.8. The normalized spacial score (nSPS) is 13.7. The van der Waals surface area contributed by atoms with Crippen molar-refractivity contribution < 1.29 is 18.0 Å². The number of benzene rings is 3. The van der Waals surface area contributed by atoms with Gasteiger partial charge in [-0.2, -0.15) is 0 Å². The summed E-state index contributed by atoms with van der Waals surface area (Å²) in [7, 11) is -4.02. The molecule has 0 radical (unpaired) electrons. The molecule has 2 amide bonds. The van der Waals surface area contributed by atoms with Crippen LogP contribution in [0.25, 0.3) is 0 Å². The Morgan fingerprint density at radius 1 is 1.06 bits per heavy atom. The molecule has 0 unspecified atom stereocenters. The van der Waals surface area contributed by atoms with Crippen molar-refractivity contribution in [1.29, 1.82) is 0 Å². The molecule has 1 heterocycles. The number of amides is 2. The van der Waals surface area contributed by atoms with E-state index in [2.05, 4.69) is 5.32 Å². The molecule has 182 valence electrons. The summed E-state index contributed by atoms with van der Waals surface area (Å²) >= 11 is 6.26. The van der Waals surface area contributed by atoms with Crippen LogP contribution in [0.15, 0.2) is 77.7 Å². The molecule has 0 atom stereocenters. The standard InChI is InChI=1S/C26H26ClN3O4S/c1-19-12-13-22(16-24(19)27)30(35(33,34)23-9-3-2-4-10-23)18-25(31)28-17-20-7-5-8-21(15-20)29-14-6-11-26(29)32/h2-5,7-10,12-13,15-16H,6,11,14,17-18H2,1H3,(H,28,31). The summed E-state index contributed by atoms with van der Waals surface area (Å²) < 4.78 is 27.9. The van der Waals surface area contributed by atoms with Gasteiger partial charge in [-0.05, 0) is 60.9 Å². The van der Waals surface area contributed by atoms with Gasteiger partial charge in [0.2, 0.25) is 11.8 Å². The van der Waals surface area contributed by atoms with E-state index in [0.29, 0.717) is 23.7 Å². The first-order valence-corrected chi connectivity index (χ1v) is 13.1. The highest BCUT2D eigenvalue weighted by Crippen LogP contribution is 2.28. The van der Waals surface area contributed by atoms with Crippen LogP contribution in [0.5, 0.6) is 0 Å². The molecule has 7 nitrogen and oxygen atoms in total. The summed E-state index contributed by atoms with van der Waals surface area (Å²) in [6, 6.07) is 20.3. The number of anilines is 2. The Kier molecular flexibility index (Phi) is 7.42. The van der Waals surface area contributed by atoms with E-state index in [1.165, 1.54) is 12.1 Å². The van der Waals surface area contributed by atoms with Crippen molar-refractivity contribution in [3.8, 4) is 0 Å². The summed E-state index contributed by atoms with van der Waals surface area (Å²) in [5, 5.41) is 3.20. The Hall–Kier alpha value is -3.36. The molecule has 0 aliphatic carbocycles. The molecular weight excluding hydrogens is 486 g/mol. The molecule has 1 aliphatic heterocycles. The lowest BCUT2D eigenvalue weighted by Crippen LogP contribution is -2.40. The van der Waals surface area contributed by atoms with Crippen molar-refractivity contribution in [3.05, 3.63) is 88.9 Å². The number of carbonyl (C=O) groups excluding carboxylic acids is 2. The van der Waals surface area contributed by atoms with Gasteiger partial charge in [-0.25, -0.2) is 8.42 Å². The molecule has 3 aromatic carbocycles. The largest absolute Gasteiger partial charge is 0.350 e. The Morgan fingerprint density at radius 3 is 2.51 bits per heavy atom. The SMILES string of the molecule is Cc1ccc(N(CC(=O)NCc2cccc(N3CCCC3=O)c2)S(=O)(=O)c2ccccc2)cc1Cl. The molecule has 4 rings (SSSR count). The first-order valence-electron chi connectivity index (χ1n) is 11.3. The van der Waals surface area contributed by atoms with Crippen LogP contribution in [0.2, 0.25) is 5.02 Å². The van der Waals surface area contributed by atoms with Gasteiger partial charge in [0, 0.05) is 30.2 Å². The molecule has 1 aliphatic rings. The number of halogens is 1. The van der Waals surface area contributed by atoms with Gasteiger partial charge < -0.3 is 10.2 Å². The second kappa shape index (κ2) is 10.5. The number of nitrogens with zero attached hydrogens (tertiary/aromatic N) is 2. The zero-order valence-corrected chi connectivity index (χ0v) is 20.8. The topological polar surface area (TPSA) is 86.8 Å². The van der Waals surface area contributed by atoms with Crippen LogP contribution in [0.1, 0.15) is 24.0 Å². The average molecular weight is 512 g/mol. The molecule has 0 bridgehead atoms. The third kappa shape index (κ3) is 5.66. The summed E-state index contributed by atoms with van der Waals surface area (Å²) in [5.74, 6) is -0.381. The van der Waals surface area contributed by atoms with Gasteiger partial charge in [0.1, 0.15) is 6.54 Å².